The number of aromatic amines is 1. The summed E-state index contributed by atoms with van der Waals surface area (Å²) in [5.41, 5.74) is -0.139. The SMILES string of the molecule is O=C(OCC1CCN(CCCCCCCCCNC[C@@H](O)c2ccc(O)c3[nH]c(=O)ccc23)CC1)C(O)(c1ccccc1)C1CCCC1. The van der Waals surface area contributed by atoms with Gasteiger partial charge in [-0.2, -0.15) is 0 Å². The number of esters is 1. The van der Waals surface area contributed by atoms with Crippen LogP contribution in [0.5, 0.6) is 5.75 Å². The molecule has 2 heterocycles. The van der Waals surface area contributed by atoms with E-state index in [4.69, 9.17) is 4.74 Å². The van der Waals surface area contributed by atoms with Gasteiger partial charge in [-0.05, 0) is 93.9 Å². The van der Waals surface area contributed by atoms with Crippen molar-refractivity contribution < 1.29 is 24.9 Å². The molecule has 5 N–H and O–H groups in total. The summed E-state index contributed by atoms with van der Waals surface area (Å²) in [4.78, 5) is 30.1. The van der Waals surface area contributed by atoms with Crippen molar-refractivity contribution in [1.82, 2.24) is 15.2 Å². The van der Waals surface area contributed by atoms with Crippen LogP contribution in [0.25, 0.3) is 10.9 Å². The Morgan fingerprint density at radius 3 is 2.33 bits per heavy atom. The Hall–Kier alpha value is -3.24. The Balaban J connectivity index is 0.882. The number of carbonyl (C=O) groups is 1. The molecule has 48 heavy (non-hydrogen) atoms. The number of carbonyl (C=O) groups excluding carboxylic acids is 1. The predicted octanol–water partition coefficient (Wildman–Crippen LogP) is 5.92. The fraction of sp³-hybridized carbons (Fsp3) is 0.590. The monoisotopic (exact) mass is 661 g/mol. The molecule has 9 nitrogen and oxygen atoms in total. The number of rotatable bonds is 18. The number of H-pyrrole nitrogens is 1. The van der Waals surface area contributed by atoms with Crippen LogP contribution in [0.4, 0.5) is 0 Å². The number of aliphatic hydroxyl groups excluding tert-OH is 1. The maximum absolute atomic E-state index is 13.3. The topological polar surface area (TPSA) is 135 Å². The number of ether oxygens (including phenoxy) is 1. The quantitative estimate of drug-likeness (QED) is 0.0838. The van der Waals surface area contributed by atoms with E-state index in [1.807, 2.05) is 30.3 Å². The first-order valence-electron chi connectivity index (χ1n) is 18.3. The van der Waals surface area contributed by atoms with Gasteiger partial charge in [-0.25, -0.2) is 4.79 Å². The van der Waals surface area contributed by atoms with Crippen LogP contribution >= 0.6 is 0 Å². The zero-order chi connectivity index (χ0) is 33.8. The molecule has 0 spiro atoms. The van der Waals surface area contributed by atoms with Gasteiger partial charge in [0.05, 0.1) is 18.2 Å². The highest BCUT2D eigenvalue weighted by Gasteiger charge is 2.48. The number of phenols is 1. The summed E-state index contributed by atoms with van der Waals surface area (Å²) in [5, 5.41) is 36.4. The number of unbranched alkanes of at least 4 members (excludes halogenated alkanes) is 6. The molecule has 0 bridgehead atoms. The van der Waals surface area contributed by atoms with Crippen LogP contribution in [-0.2, 0) is 15.1 Å². The van der Waals surface area contributed by atoms with E-state index in [0.717, 1.165) is 77.5 Å². The number of hydrogen-bond acceptors (Lipinski definition) is 8. The van der Waals surface area contributed by atoms with E-state index in [2.05, 4.69) is 15.2 Å². The van der Waals surface area contributed by atoms with Gasteiger partial charge in [-0.3, -0.25) is 4.79 Å². The van der Waals surface area contributed by atoms with Crippen LogP contribution in [-0.4, -0.2) is 70.5 Å². The Bertz CT molecular complexity index is 1480. The van der Waals surface area contributed by atoms with Gasteiger partial charge < -0.3 is 35.3 Å². The molecule has 2 atom stereocenters. The summed E-state index contributed by atoms with van der Waals surface area (Å²) in [6, 6.07) is 15.6. The summed E-state index contributed by atoms with van der Waals surface area (Å²) in [6.07, 6.45) is 13.5. The van der Waals surface area contributed by atoms with E-state index in [0.29, 0.717) is 41.1 Å². The third kappa shape index (κ3) is 9.47. The summed E-state index contributed by atoms with van der Waals surface area (Å²) in [6.45, 7) is 4.85. The number of fused-ring (bicyclic) bond motifs is 1. The highest BCUT2D eigenvalue weighted by Crippen LogP contribution is 2.41. The Morgan fingerprint density at radius 2 is 1.60 bits per heavy atom. The fourth-order valence-corrected chi connectivity index (χ4v) is 7.60. The number of nitrogens with one attached hydrogen (secondary N) is 2. The molecular weight excluding hydrogens is 606 g/mol. The first kappa shape index (κ1) is 36.1. The zero-order valence-electron chi connectivity index (χ0n) is 28.4. The van der Waals surface area contributed by atoms with Gasteiger partial charge in [0.1, 0.15) is 5.75 Å². The van der Waals surface area contributed by atoms with Gasteiger partial charge >= 0.3 is 5.97 Å². The first-order valence-corrected chi connectivity index (χ1v) is 18.3. The number of phenolic OH excluding ortho intramolecular Hbond substituents is 1. The summed E-state index contributed by atoms with van der Waals surface area (Å²) in [7, 11) is 0. The number of pyridine rings is 1. The van der Waals surface area contributed by atoms with E-state index in [-0.39, 0.29) is 17.2 Å². The molecule has 1 aromatic heterocycles. The third-order valence-electron chi connectivity index (χ3n) is 10.6. The van der Waals surface area contributed by atoms with Gasteiger partial charge in [0, 0.05) is 23.9 Å². The summed E-state index contributed by atoms with van der Waals surface area (Å²) >= 11 is 0. The number of aromatic hydroxyl groups is 1. The second-order valence-electron chi connectivity index (χ2n) is 14.0. The minimum Gasteiger partial charge on any atom is -0.506 e. The molecule has 0 radical (unpaired) electrons. The number of likely N-dealkylation sites (tertiary alicyclic amines) is 1. The van der Waals surface area contributed by atoms with Crippen molar-refractivity contribution in [3.63, 3.8) is 0 Å². The van der Waals surface area contributed by atoms with Crippen molar-refractivity contribution in [2.75, 3.05) is 39.3 Å². The zero-order valence-corrected chi connectivity index (χ0v) is 28.4. The molecule has 9 heteroatoms. The molecule has 0 amide bonds. The van der Waals surface area contributed by atoms with Crippen molar-refractivity contribution in [1.29, 1.82) is 0 Å². The van der Waals surface area contributed by atoms with Crippen LogP contribution in [0.2, 0.25) is 0 Å². The minimum absolute atomic E-state index is 0.00254. The van der Waals surface area contributed by atoms with Gasteiger partial charge in [0.25, 0.3) is 0 Å². The molecule has 1 unspecified atom stereocenters. The van der Waals surface area contributed by atoms with Crippen molar-refractivity contribution >= 4 is 16.9 Å². The number of benzene rings is 2. The van der Waals surface area contributed by atoms with Crippen molar-refractivity contribution in [3.8, 4) is 5.75 Å². The lowest BCUT2D eigenvalue weighted by Crippen LogP contribution is -2.44. The molecule has 5 rings (SSSR count). The lowest BCUT2D eigenvalue weighted by atomic mass is 9.80. The van der Waals surface area contributed by atoms with E-state index in [1.54, 1.807) is 12.1 Å². The number of aliphatic hydroxyl groups is 2. The normalized spacial score (nSPS) is 18.2. The lowest BCUT2D eigenvalue weighted by Gasteiger charge is -2.34. The van der Waals surface area contributed by atoms with Crippen molar-refractivity contribution in [2.45, 2.75) is 95.2 Å². The maximum atomic E-state index is 13.3. The predicted molar refractivity (Wildman–Crippen MR) is 189 cm³/mol. The van der Waals surface area contributed by atoms with E-state index >= 15 is 0 Å². The Kier molecular flexibility index (Phi) is 13.5. The number of aromatic nitrogens is 1. The molecule has 3 aromatic rings. The first-order chi connectivity index (χ1) is 23.4. The van der Waals surface area contributed by atoms with Gasteiger partial charge in [0.15, 0.2) is 5.60 Å². The van der Waals surface area contributed by atoms with Crippen LogP contribution in [0.1, 0.15) is 101 Å². The molecule has 2 aromatic carbocycles. The average molecular weight is 662 g/mol. The highest BCUT2D eigenvalue weighted by atomic mass is 16.5. The molecule has 1 saturated heterocycles. The van der Waals surface area contributed by atoms with Crippen LogP contribution in [0, 0.1) is 11.8 Å². The van der Waals surface area contributed by atoms with Crippen molar-refractivity contribution in [2.24, 2.45) is 11.8 Å². The minimum atomic E-state index is -1.55. The third-order valence-corrected chi connectivity index (χ3v) is 10.6. The molecule has 262 valence electrons. The van der Waals surface area contributed by atoms with Crippen molar-refractivity contribution in [3.05, 3.63) is 76.1 Å². The fourth-order valence-electron chi connectivity index (χ4n) is 7.60. The van der Waals surface area contributed by atoms with Gasteiger partial charge in [-0.1, -0.05) is 81.3 Å². The molecular formula is C39H55N3O6. The van der Waals surface area contributed by atoms with Crippen LogP contribution in [0.15, 0.2) is 59.4 Å². The van der Waals surface area contributed by atoms with E-state index in [1.165, 1.54) is 44.2 Å². The second-order valence-corrected chi connectivity index (χ2v) is 14.0. The summed E-state index contributed by atoms with van der Waals surface area (Å²) < 4.78 is 5.83. The molecule has 1 saturated carbocycles. The average Bonchev–Trinajstić information content (AvgIpc) is 3.66. The molecule has 1 aliphatic heterocycles. The number of piperidine rings is 1. The largest absolute Gasteiger partial charge is 0.506 e. The highest BCUT2D eigenvalue weighted by molar-refractivity contribution is 5.87. The summed E-state index contributed by atoms with van der Waals surface area (Å²) in [5.74, 6) is -0.200. The molecule has 2 aliphatic rings. The Labute approximate surface area is 284 Å². The molecule has 1 aliphatic carbocycles. The standard InChI is InChI=1S/C39H55N3O6/c43-34-19-17-32(33-18-20-36(45)41-37(33)34)35(44)27-40-23-11-4-2-1-3-5-12-24-42-25-21-29(22-26-42)28-48-38(46)39(47,31-15-9-10-16-31)30-13-7-6-8-14-30/h6-8,13-14,17-20,29,31,35,40,43-44,47H,1-5,9-12,15-16,21-28H2,(H,41,45)/t35-,39?/m1/s1. The van der Waals surface area contributed by atoms with Gasteiger partial charge in [-0.15, -0.1) is 0 Å². The lowest BCUT2D eigenvalue weighted by molar-refractivity contribution is -0.175. The van der Waals surface area contributed by atoms with Crippen LogP contribution in [0.3, 0.4) is 0 Å². The Morgan fingerprint density at radius 1 is 0.917 bits per heavy atom. The van der Waals surface area contributed by atoms with E-state index < -0.39 is 17.7 Å². The second kappa shape index (κ2) is 18.0. The molecule has 2 fully saturated rings. The smallest absolute Gasteiger partial charge is 0.343 e. The number of nitrogens with zero attached hydrogens (tertiary/aromatic N) is 1. The van der Waals surface area contributed by atoms with Gasteiger partial charge in [0.2, 0.25) is 5.56 Å². The number of hydrogen-bond donors (Lipinski definition) is 5. The van der Waals surface area contributed by atoms with Crippen LogP contribution < -0.4 is 10.9 Å². The maximum Gasteiger partial charge on any atom is 0.343 e. The van der Waals surface area contributed by atoms with E-state index in [9.17, 15) is 24.9 Å².